The minimum atomic E-state index is -0.426. The van der Waals surface area contributed by atoms with Crippen LogP contribution in [0.1, 0.15) is 24.8 Å². The van der Waals surface area contributed by atoms with Crippen LogP contribution in [0.5, 0.6) is 11.5 Å². The number of aromatic hydroxyl groups is 1. The number of thioether (sulfide) groups is 1. The predicted molar refractivity (Wildman–Crippen MR) is 120 cm³/mol. The first-order valence-electron chi connectivity index (χ1n) is 9.66. The first kappa shape index (κ1) is 21.5. The average molecular weight is 504 g/mol. The Labute approximate surface area is 192 Å². The highest BCUT2D eigenvalue weighted by Crippen LogP contribution is 2.46. The lowest BCUT2D eigenvalue weighted by Gasteiger charge is -2.42. The zero-order chi connectivity index (χ0) is 22.1. The fourth-order valence-electron chi connectivity index (χ4n) is 3.72. The van der Waals surface area contributed by atoms with Crippen LogP contribution in [0.4, 0.5) is 10.1 Å². The second kappa shape index (κ2) is 8.81. The van der Waals surface area contributed by atoms with Crippen molar-refractivity contribution in [3.63, 3.8) is 0 Å². The van der Waals surface area contributed by atoms with Crippen molar-refractivity contribution in [3.8, 4) is 17.6 Å². The number of allylic oxidation sites excluding steroid dienone is 1. The molecule has 2 aliphatic heterocycles. The Morgan fingerprint density at radius 3 is 2.77 bits per heavy atom. The van der Waals surface area contributed by atoms with E-state index >= 15 is 0 Å². The van der Waals surface area contributed by atoms with Crippen molar-refractivity contribution >= 4 is 39.3 Å². The molecule has 160 valence electrons. The number of hydrogen-bond acceptors (Lipinski definition) is 6. The zero-order valence-corrected chi connectivity index (χ0v) is 19.0. The summed E-state index contributed by atoms with van der Waals surface area (Å²) >= 11 is 4.75. The van der Waals surface area contributed by atoms with E-state index < -0.39 is 5.92 Å². The highest BCUT2D eigenvalue weighted by atomic mass is 79.9. The summed E-state index contributed by atoms with van der Waals surface area (Å²) in [5, 5.41) is 20.8. The number of ether oxygens (including phenoxy) is 1. The standard InChI is InChI=1S/C22H19BrFN3O3S/c1-2-30-19-8-13(7-18(23)21(19)29)16-9-20(28)27-11-26(12-31-22(27)17(16)10-25)15-5-3-14(24)4-6-15/h3-8,16,29H,2,9,11-12H2,1H3/t16-/m0/s1. The summed E-state index contributed by atoms with van der Waals surface area (Å²) in [7, 11) is 0. The Morgan fingerprint density at radius 2 is 2.10 bits per heavy atom. The van der Waals surface area contributed by atoms with Crippen molar-refractivity contribution in [3.05, 3.63) is 62.9 Å². The van der Waals surface area contributed by atoms with E-state index in [9.17, 15) is 19.6 Å². The number of phenols is 1. The lowest BCUT2D eigenvalue weighted by molar-refractivity contribution is -0.129. The number of phenolic OH excluding ortho intramolecular Hbond substituents is 1. The Morgan fingerprint density at radius 1 is 1.35 bits per heavy atom. The summed E-state index contributed by atoms with van der Waals surface area (Å²) in [6, 6.07) is 11.8. The SMILES string of the molecule is CCOc1cc([C@@H]2CC(=O)N3CN(c4ccc(F)cc4)CSC3=C2C#N)cc(Br)c1O. The van der Waals surface area contributed by atoms with Gasteiger partial charge in [0.05, 0.1) is 40.3 Å². The topological polar surface area (TPSA) is 76.8 Å². The maximum absolute atomic E-state index is 13.3. The first-order valence-corrected chi connectivity index (χ1v) is 11.4. The number of carbonyl (C=O) groups is 1. The van der Waals surface area contributed by atoms with Gasteiger partial charge >= 0.3 is 0 Å². The fourth-order valence-corrected chi connectivity index (χ4v) is 5.35. The molecule has 0 aliphatic carbocycles. The van der Waals surface area contributed by atoms with Crippen molar-refractivity contribution in [2.24, 2.45) is 0 Å². The van der Waals surface area contributed by atoms with E-state index in [1.807, 2.05) is 11.8 Å². The molecule has 0 unspecified atom stereocenters. The van der Waals surface area contributed by atoms with Crippen LogP contribution in [0.3, 0.4) is 0 Å². The molecule has 0 bridgehead atoms. The Hall–Kier alpha value is -2.70. The summed E-state index contributed by atoms with van der Waals surface area (Å²) in [6.45, 7) is 2.49. The number of nitrogens with zero attached hydrogens (tertiary/aromatic N) is 3. The molecule has 0 aromatic heterocycles. The summed E-state index contributed by atoms with van der Waals surface area (Å²) in [4.78, 5) is 16.6. The minimum Gasteiger partial charge on any atom is -0.503 e. The van der Waals surface area contributed by atoms with Gasteiger partial charge in [0.25, 0.3) is 0 Å². The molecule has 4 rings (SSSR count). The molecular formula is C22H19BrFN3O3S. The molecule has 0 radical (unpaired) electrons. The van der Waals surface area contributed by atoms with Gasteiger partial charge in [0.2, 0.25) is 5.91 Å². The van der Waals surface area contributed by atoms with Gasteiger partial charge in [-0.3, -0.25) is 9.69 Å². The molecule has 1 N–H and O–H groups in total. The Balaban J connectivity index is 1.68. The van der Waals surface area contributed by atoms with Crippen LogP contribution in [-0.2, 0) is 4.79 Å². The van der Waals surface area contributed by atoms with Crippen LogP contribution in [0.25, 0.3) is 0 Å². The van der Waals surface area contributed by atoms with Crippen molar-refractivity contribution < 1.29 is 19.0 Å². The number of benzene rings is 2. The molecule has 1 atom stereocenters. The normalized spacial score (nSPS) is 18.6. The summed E-state index contributed by atoms with van der Waals surface area (Å²) in [6.07, 6.45) is 0.132. The quantitative estimate of drug-likeness (QED) is 0.638. The lowest BCUT2D eigenvalue weighted by Crippen LogP contribution is -2.47. The minimum absolute atomic E-state index is 0.0116. The number of halogens is 2. The first-order chi connectivity index (χ1) is 14.9. The molecule has 1 fully saturated rings. The molecule has 1 amide bonds. The van der Waals surface area contributed by atoms with Crippen molar-refractivity contribution in [1.29, 1.82) is 5.26 Å². The molecule has 2 heterocycles. The van der Waals surface area contributed by atoms with Crippen LogP contribution in [0.2, 0.25) is 0 Å². The number of hydrogen-bond donors (Lipinski definition) is 1. The number of nitriles is 1. The van der Waals surface area contributed by atoms with Crippen molar-refractivity contribution in [2.75, 3.05) is 24.1 Å². The number of rotatable bonds is 4. The zero-order valence-electron chi connectivity index (χ0n) is 16.6. The number of amides is 1. The van der Waals surface area contributed by atoms with Gasteiger partial charge in [-0.2, -0.15) is 5.26 Å². The molecule has 0 spiro atoms. The molecule has 9 heteroatoms. The number of carbonyl (C=O) groups excluding carboxylic acids is 1. The van der Waals surface area contributed by atoms with Gasteiger partial charge in [0, 0.05) is 18.0 Å². The van der Waals surface area contributed by atoms with Crippen LogP contribution >= 0.6 is 27.7 Å². The number of anilines is 1. The van der Waals surface area contributed by atoms with E-state index in [1.165, 1.54) is 23.9 Å². The van der Waals surface area contributed by atoms with E-state index in [4.69, 9.17) is 4.74 Å². The monoisotopic (exact) mass is 503 g/mol. The van der Waals surface area contributed by atoms with E-state index in [0.717, 1.165) is 11.3 Å². The third kappa shape index (κ3) is 4.10. The van der Waals surface area contributed by atoms with Gasteiger partial charge in [-0.15, -0.1) is 0 Å². The van der Waals surface area contributed by atoms with E-state index in [2.05, 4.69) is 22.0 Å². The second-order valence-corrected chi connectivity index (χ2v) is 8.91. The van der Waals surface area contributed by atoms with Crippen LogP contribution in [-0.4, -0.2) is 35.1 Å². The Bertz CT molecular complexity index is 1100. The largest absolute Gasteiger partial charge is 0.503 e. The van der Waals surface area contributed by atoms with Crippen LogP contribution in [0, 0.1) is 17.1 Å². The second-order valence-electron chi connectivity index (χ2n) is 7.12. The van der Waals surface area contributed by atoms with E-state index in [1.54, 1.807) is 29.2 Å². The molecule has 2 aromatic rings. The van der Waals surface area contributed by atoms with Gasteiger partial charge < -0.3 is 14.7 Å². The highest BCUT2D eigenvalue weighted by Gasteiger charge is 2.38. The van der Waals surface area contributed by atoms with Crippen LogP contribution < -0.4 is 9.64 Å². The summed E-state index contributed by atoms with van der Waals surface area (Å²) in [5.41, 5.74) is 2.06. The molecule has 31 heavy (non-hydrogen) atoms. The van der Waals surface area contributed by atoms with Crippen LogP contribution in [0.15, 0.2) is 51.5 Å². The third-order valence-corrected chi connectivity index (χ3v) is 7.00. The molecule has 6 nitrogen and oxygen atoms in total. The van der Waals surface area contributed by atoms with Gasteiger partial charge in [-0.05, 0) is 64.8 Å². The van der Waals surface area contributed by atoms with Gasteiger partial charge in [0.1, 0.15) is 5.82 Å². The summed E-state index contributed by atoms with van der Waals surface area (Å²) < 4.78 is 19.2. The smallest absolute Gasteiger partial charge is 0.229 e. The molecule has 0 saturated carbocycles. The van der Waals surface area contributed by atoms with Gasteiger partial charge in [-0.25, -0.2) is 4.39 Å². The van der Waals surface area contributed by atoms with E-state index in [-0.39, 0.29) is 23.9 Å². The van der Waals surface area contributed by atoms with E-state index in [0.29, 0.717) is 40.0 Å². The molecule has 2 aliphatic rings. The van der Waals surface area contributed by atoms with Crippen molar-refractivity contribution in [2.45, 2.75) is 19.3 Å². The number of fused-ring (bicyclic) bond motifs is 1. The lowest BCUT2D eigenvalue weighted by atomic mass is 9.86. The maximum Gasteiger partial charge on any atom is 0.229 e. The molecular weight excluding hydrogens is 485 g/mol. The predicted octanol–water partition coefficient (Wildman–Crippen LogP) is 4.91. The highest BCUT2D eigenvalue weighted by molar-refractivity contribution is 9.10. The molecule has 1 saturated heterocycles. The van der Waals surface area contributed by atoms with Crippen molar-refractivity contribution in [1.82, 2.24) is 4.90 Å². The van der Waals surface area contributed by atoms with Gasteiger partial charge in [0.15, 0.2) is 11.5 Å². The fraction of sp³-hybridized carbons (Fsp3) is 0.273. The van der Waals surface area contributed by atoms with Gasteiger partial charge in [-0.1, -0.05) is 11.8 Å². The average Bonchev–Trinajstić information content (AvgIpc) is 2.77. The maximum atomic E-state index is 13.3. The summed E-state index contributed by atoms with van der Waals surface area (Å²) in [5.74, 6) is -0.00814. The third-order valence-electron chi connectivity index (χ3n) is 5.24. The molecule has 2 aromatic carbocycles. The Kier molecular flexibility index (Phi) is 6.12.